The lowest BCUT2D eigenvalue weighted by atomic mass is 9.87. The molecule has 1 saturated heterocycles. The van der Waals surface area contributed by atoms with Gasteiger partial charge in [-0.2, -0.15) is 0 Å². The second kappa shape index (κ2) is 11.2. The lowest BCUT2D eigenvalue weighted by Crippen LogP contribution is -2.29. The third-order valence-electron chi connectivity index (χ3n) is 7.54. The number of nitrogens with zero attached hydrogens (tertiary/aromatic N) is 2. The van der Waals surface area contributed by atoms with Crippen LogP contribution in [0.3, 0.4) is 0 Å². The van der Waals surface area contributed by atoms with E-state index >= 15 is 0 Å². The van der Waals surface area contributed by atoms with Gasteiger partial charge in [0.25, 0.3) is 0 Å². The van der Waals surface area contributed by atoms with Crippen molar-refractivity contribution in [2.45, 2.75) is 31.7 Å². The Kier molecular flexibility index (Phi) is 7.13. The minimum Gasteiger partial charge on any atom is -0.457 e. The summed E-state index contributed by atoms with van der Waals surface area (Å²) >= 11 is 0. The fourth-order valence-corrected chi connectivity index (χ4v) is 5.57. The molecular formula is C34H31FN2O2. The first kappa shape index (κ1) is 24.9. The highest BCUT2D eigenvalue weighted by molar-refractivity contribution is 5.87. The molecule has 1 fully saturated rings. The Morgan fingerprint density at radius 3 is 2.33 bits per heavy atom. The van der Waals surface area contributed by atoms with Gasteiger partial charge in [0.05, 0.1) is 0 Å². The van der Waals surface area contributed by atoms with Crippen molar-refractivity contribution in [2.75, 3.05) is 13.1 Å². The summed E-state index contributed by atoms with van der Waals surface area (Å²) in [5, 5.41) is 1.12. The van der Waals surface area contributed by atoms with Crippen LogP contribution in [0.4, 0.5) is 4.39 Å². The van der Waals surface area contributed by atoms with Crippen molar-refractivity contribution >= 4 is 16.8 Å². The van der Waals surface area contributed by atoms with E-state index in [1.807, 2.05) is 71.6 Å². The van der Waals surface area contributed by atoms with Gasteiger partial charge in [-0.15, -0.1) is 0 Å². The van der Waals surface area contributed by atoms with Gasteiger partial charge < -0.3 is 14.2 Å². The summed E-state index contributed by atoms with van der Waals surface area (Å²) in [5.41, 5.74) is 4.26. The number of carbonyl (C=O) groups is 1. The Balaban J connectivity index is 1.40. The molecular weight excluding hydrogens is 487 g/mol. The monoisotopic (exact) mass is 518 g/mol. The average molecular weight is 519 g/mol. The minimum atomic E-state index is -0.241. The standard InChI is InChI=1S/C34H31FN2O2/c35-27-17-15-25(16-18-27)23-37-24-32(30-13-4-5-14-33(30)37)31(22-34(38)36-19-6-7-20-36)26-9-8-12-29(21-26)39-28-10-2-1-3-11-28/h1-5,8-18,21,24,31H,6-7,19-20,22-23H2/t31-/m1/s1. The number of benzene rings is 4. The third-order valence-corrected chi connectivity index (χ3v) is 7.54. The van der Waals surface area contributed by atoms with E-state index in [9.17, 15) is 9.18 Å². The fraction of sp³-hybridized carbons (Fsp3) is 0.206. The topological polar surface area (TPSA) is 34.5 Å². The van der Waals surface area contributed by atoms with E-state index in [1.54, 1.807) is 0 Å². The zero-order valence-electron chi connectivity index (χ0n) is 21.8. The summed E-state index contributed by atoms with van der Waals surface area (Å²) in [6, 6.07) is 32.8. The molecule has 0 saturated carbocycles. The molecule has 0 unspecified atom stereocenters. The number of amides is 1. The Morgan fingerprint density at radius 1 is 0.821 bits per heavy atom. The SMILES string of the molecule is O=C(C[C@H](c1cccc(Oc2ccccc2)c1)c1cn(Cc2ccc(F)cc2)c2ccccc12)N1CCCC1. The molecule has 4 nitrogen and oxygen atoms in total. The second-order valence-corrected chi connectivity index (χ2v) is 10.2. The molecule has 1 amide bonds. The molecule has 1 aliphatic heterocycles. The van der Waals surface area contributed by atoms with Crippen molar-refractivity contribution in [3.8, 4) is 11.5 Å². The number of para-hydroxylation sites is 2. The van der Waals surface area contributed by atoms with Gasteiger partial charge in [-0.05, 0) is 72.0 Å². The highest BCUT2D eigenvalue weighted by Crippen LogP contribution is 2.37. The summed E-state index contributed by atoms with van der Waals surface area (Å²) in [7, 11) is 0. The van der Waals surface area contributed by atoms with Crippen LogP contribution in [0, 0.1) is 5.82 Å². The van der Waals surface area contributed by atoms with E-state index in [4.69, 9.17) is 4.74 Å². The molecule has 0 radical (unpaired) electrons. The van der Waals surface area contributed by atoms with Gasteiger partial charge >= 0.3 is 0 Å². The molecule has 5 aromatic rings. The summed E-state index contributed by atoms with van der Waals surface area (Å²) < 4.78 is 21.9. The third kappa shape index (κ3) is 5.58. The largest absolute Gasteiger partial charge is 0.457 e. The average Bonchev–Trinajstić information content (AvgIpc) is 3.63. The second-order valence-electron chi connectivity index (χ2n) is 10.2. The van der Waals surface area contributed by atoms with Gasteiger partial charge in [0.1, 0.15) is 17.3 Å². The highest BCUT2D eigenvalue weighted by Gasteiger charge is 2.27. The van der Waals surface area contributed by atoms with Crippen molar-refractivity contribution in [1.29, 1.82) is 0 Å². The Bertz CT molecular complexity index is 1570. The van der Waals surface area contributed by atoms with E-state index in [0.29, 0.717) is 13.0 Å². The van der Waals surface area contributed by atoms with Crippen LogP contribution in [0.2, 0.25) is 0 Å². The fourth-order valence-electron chi connectivity index (χ4n) is 5.57. The first-order valence-electron chi connectivity index (χ1n) is 13.6. The first-order valence-corrected chi connectivity index (χ1v) is 13.6. The number of rotatable bonds is 8. The number of halogens is 1. The molecule has 6 rings (SSSR count). The maximum absolute atomic E-state index is 13.5. The zero-order valence-corrected chi connectivity index (χ0v) is 21.8. The van der Waals surface area contributed by atoms with Gasteiger partial charge in [-0.1, -0.05) is 60.7 Å². The molecule has 1 atom stereocenters. The maximum Gasteiger partial charge on any atom is 0.223 e. The van der Waals surface area contributed by atoms with Crippen LogP contribution < -0.4 is 4.74 Å². The Labute approximate surface area is 228 Å². The molecule has 196 valence electrons. The summed E-state index contributed by atoms with van der Waals surface area (Å²) in [4.78, 5) is 15.5. The van der Waals surface area contributed by atoms with Crippen LogP contribution in [-0.4, -0.2) is 28.5 Å². The molecule has 1 aliphatic rings. The molecule has 0 aliphatic carbocycles. The normalized spacial score (nSPS) is 14.0. The molecule has 0 spiro atoms. The summed E-state index contributed by atoms with van der Waals surface area (Å²) in [5.74, 6) is 1.32. The number of ether oxygens (including phenoxy) is 1. The van der Waals surface area contributed by atoms with Crippen LogP contribution >= 0.6 is 0 Å². The molecule has 39 heavy (non-hydrogen) atoms. The number of aromatic nitrogens is 1. The number of carbonyl (C=O) groups excluding carboxylic acids is 1. The summed E-state index contributed by atoms with van der Waals surface area (Å²) in [6.07, 6.45) is 4.68. The van der Waals surface area contributed by atoms with E-state index in [0.717, 1.165) is 65.0 Å². The van der Waals surface area contributed by atoms with Gasteiger partial charge in [0, 0.05) is 49.1 Å². The smallest absolute Gasteiger partial charge is 0.223 e. The number of hydrogen-bond acceptors (Lipinski definition) is 2. The van der Waals surface area contributed by atoms with E-state index in [2.05, 4.69) is 35.0 Å². The van der Waals surface area contributed by atoms with Crippen LogP contribution in [0.5, 0.6) is 11.5 Å². The van der Waals surface area contributed by atoms with E-state index in [1.165, 1.54) is 12.1 Å². The zero-order chi connectivity index (χ0) is 26.6. The molecule has 4 aromatic carbocycles. The van der Waals surface area contributed by atoms with Crippen molar-refractivity contribution in [1.82, 2.24) is 9.47 Å². The lowest BCUT2D eigenvalue weighted by molar-refractivity contribution is -0.130. The highest BCUT2D eigenvalue weighted by atomic mass is 19.1. The Hall–Kier alpha value is -4.38. The van der Waals surface area contributed by atoms with Crippen LogP contribution in [-0.2, 0) is 11.3 Å². The molecule has 5 heteroatoms. The number of hydrogen-bond donors (Lipinski definition) is 0. The number of fused-ring (bicyclic) bond motifs is 1. The summed E-state index contributed by atoms with van der Waals surface area (Å²) in [6.45, 7) is 2.27. The molecule has 0 bridgehead atoms. The van der Waals surface area contributed by atoms with E-state index in [-0.39, 0.29) is 17.6 Å². The van der Waals surface area contributed by atoms with Crippen molar-refractivity contribution < 1.29 is 13.9 Å². The number of likely N-dealkylation sites (tertiary alicyclic amines) is 1. The van der Waals surface area contributed by atoms with Crippen molar-refractivity contribution in [2.24, 2.45) is 0 Å². The molecule has 2 heterocycles. The van der Waals surface area contributed by atoms with Crippen LogP contribution in [0.1, 0.15) is 41.9 Å². The van der Waals surface area contributed by atoms with E-state index < -0.39 is 0 Å². The first-order chi connectivity index (χ1) is 19.1. The Morgan fingerprint density at radius 2 is 1.54 bits per heavy atom. The van der Waals surface area contributed by atoms with Crippen LogP contribution in [0.25, 0.3) is 10.9 Å². The van der Waals surface area contributed by atoms with Gasteiger partial charge in [0.2, 0.25) is 5.91 Å². The minimum absolute atomic E-state index is 0.142. The van der Waals surface area contributed by atoms with Gasteiger partial charge in [-0.25, -0.2) is 4.39 Å². The quantitative estimate of drug-likeness (QED) is 0.210. The maximum atomic E-state index is 13.5. The van der Waals surface area contributed by atoms with Crippen molar-refractivity contribution in [3.63, 3.8) is 0 Å². The molecule has 1 aromatic heterocycles. The predicted molar refractivity (Wildman–Crippen MR) is 153 cm³/mol. The van der Waals surface area contributed by atoms with Crippen molar-refractivity contribution in [3.05, 3.63) is 132 Å². The lowest BCUT2D eigenvalue weighted by Gasteiger charge is -2.22. The predicted octanol–water partition coefficient (Wildman–Crippen LogP) is 7.77. The van der Waals surface area contributed by atoms with Crippen LogP contribution in [0.15, 0.2) is 109 Å². The van der Waals surface area contributed by atoms with Gasteiger partial charge in [0.15, 0.2) is 0 Å². The van der Waals surface area contributed by atoms with Gasteiger partial charge in [-0.3, -0.25) is 4.79 Å². The molecule has 0 N–H and O–H groups in total.